The Hall–Kier alpha value is -4.41. The molecule has 0 saturated carbocycles. The lowest BCUT2D eigenvalue weighted by molar-refractivity contribution is -0.143. The highest BCUT2D eigenvalue weighted by molar-refractivity contribution is 6.01. The lowest BCUT2D eigenvalue weighted by atomic mass is 10.1. The number of carbonyl (C=O) groups excluding carboxylic acids is 5. The Morgan fingerprint density at radius 2 is 1.55 bits per heavy atom. The summed E-state index contributed by atoms with van der Waals surface area (Å²) in [4.78, 5) is 72.9. The third kappa shape index (κ3) is 7.86. The third-order valence-electron chi connectivity index (χ3n) is 7.62. The van der Waals surface area contributed by atoms with E-state index in [-0.39, 0.29) is 56.6 Å². The highest BCUT2D eigenvalue weighted by atomic mass is 16.5. The molecule has 1 N–H and O–H groups in total. The van der Waals surface area contributed by atoms with Crippen LogP contribution in [0.5, 0.6) is 5.75 Å². The van der Waals surface area contributed by atoms with Gasteiger partial charge in [0, 0.05) is 46.2 Å². The van der Waals surface area contributed by atoms with Crippen LogP contribution in [0.3, 0.4) is 0 Å². The smallest absolute Gasteiger partial charge is 0.255 e. The topological polar surface area (TPSA) is 120 Å². The van der Waals surface area contributed by atoms with Crippen molar-refractivity contribution in [1.29, 1.82) is 0 Å². The van der Waals surface area contributed by atoms with Gasteiger partial charge in [0.15, 0.2) is 0 Å². The van der Waals surface area contributed by atoms with Crippen molar-refractivity contribution in [1.82, 2.24) is 24.9 Å². The van der Waals surface area contributed by atoms with Gasteiger partial charge in [-0.05, 0) is 31.0 Å². The van der Waals surface area contributed by atoms with Gasteiger partial charge in [-0.15, -0.1) is 0 Å². The summed E-state index contributed by atoms with van der Waals surface area (Å²) in [6.07, 6.45) is 0.255. The maximum absolute atomic E-state index is 13.9. The molecule has 0 unspecified atom stereocenters. The van der Waals surface area contributed by atoms with E-state index >= 15 is 0 Å². The lowest BCUT2D eigenvalue weighted by Crippen LogP contribution is -2.52. The molecule has 2 aromatic rings. The number of nitrogens with zero attached hydrogens (tertiary/aromatic N) is 4. The van der Waals surface area contributed by atoms with Crippen molar-refractivity contribution in [3.63, 3.8) is 0 Å². The molecular formula is C31H39N5O6. The van der Waals surface area contributed by atoms with Gasteiger partial charge < -0.3 is 29.7 Å². The molecule has 5 amide bonds. The second kappa shape index (κ2) is 14.5. The number of ether oxygens (including phenoxy) is 1. The summed E-state index contributed by atoms with van der Waals surface area (Å²) in [6, 6.07) is 14.8. The van der Waals surface area contributed by atoms with E-state index in [4.69, 9.17) is 4.74 Å². The zero-order valence-electron chi connectivity index (χ0n) is 24.3. The van der Waals surface area contributed by atoms with Crippen molar-refractivity contribution in [3.8, 4) is 5.75 Å². The molecule has 11 heteroatoms. The summed E-state index contributed by atoms with van der Waals surface area (Å²) in [5.74, 6) is -1.35. The Balaban J connectivity index is 1.66. The molecule has 1 fully saturated rings. The number of carbonyl (C=O) groups is 5. The SMILES string of the molecule is CCN1CCOc2ccccc2C(=O)N[C@H](C(=O)N2CCCN(C(C)=O)CC2)CC(=O)N(Cc2ccccc2)CC1=O. The fraction of sp³-hybridized carbons (Fsp3) is 0.452. The molecule has 224 valence electrons. The molecule has 2 aromatic carbocycles. The average molecular weight is 578 g/mol. The monoisotopic (exact) mass is 577 g/mol. The van der Waals surface area contributed by atoms with Gasteiger partial charge in [0.05, 0.1) is 18.5 Å². The fourth-order valence-corrected chi connectivity index (χ4v) is 5.22. The van der Waals surface area contributed by atoms with Crippen LogP contribution < -0.4 is 10.1 Å². The fourth-order valence-electron chi connectivity index (χ4n) is 5.22. The highest BCUT2D eigenvalue weighted by Crippen LogP contribution is 2.20. The Morgan fingerprint density at radius 1 is 0.857 bits per heavy atom. The number of amides is 5. The van der Waals surface area contributed by atoms with Gasteiger partial charge in [-0.3, -0.25) is 24.0 Å². The molecule has 0 spiro atoms. The Morgan fingerprint density at radius 3 is 2.29 bits per heavy atom. The molecule has 0 bridgehead atoms. The van der Waals surface area contributed by atoms with Crippen LogP contribution in [0.25, 0.3) is 0 Å². The Kier molecular flexibility index (Phi) is 10.5. The van der Waals surface area contributed by atoms with Crippen LogP contribution in [0.15, 0.2) is 54.6 Å². The number of hydrogen-bond acceptors (Lipinski definition) is 6. The van der Waals surface area contributed by atoms with Gasteiger partial charge >= 0.3 is 0 Å². The van der Waals surface area contributed by atoms with Crippen LogP contribution in [0, 0.1) is 0 Å². The minimum absolute atomic E-state index is 0.0651. The first kappa shape index (κ1) is 30.5. The number of para-hydroxylation sites is 1. The number of rotatable bonds is 4. The van der Waals surface area contributed by atoms with Crippen LogP contribution >= 0.6 is 0 Å². The minimum atomic E-state index is -1.18. The zero-order chi connectivity index (χ0) is 30.1. The van der Waals surface area contributed by atoms with Crippen LogP contribution in [0.1, 0.15) is 42.6 Å². The second-order valence-corrected chi connectivity index (χ2v) is 10.5. The number of fused-ring (bicyclic) bond motifs is 1. The normalized spacial score (nSPS) is 19.3. The summed E-state index contributed by atoms with van der Waals surface area (Å²) in [5.41, 5.74) is 1.07. The van der Waals surface area contributed by atoms with Crippen molar-refractivity contribution in [3.05, 3.63) is 65.7 Å². The Labute approximate surface area is 246 Å². The average Bonchev–Trinajstić information content (AvgIpc) is 3.25. The van der Waals surface area contributed by atoms with Crippen molar-refractivity contribution < 1.29 is 28.7 Å². The number of likely N-dealkylation sites (N-methyl/N-ethyl adjacent to an activating group) is 1. The van der Waals surface area contributed by atoms with Gasteiger partial charge in [-0.2, -0.15) is 0 Å². The summed E-state index contributed by atoms with van der Waals surface area (Å²) in [5, 5.41) is 2.79. The van der Waals surface area contributed by atoms with E-state index < -0.39 is 23.8 Å². The van der Waals surface area contributed by atoms with E-state index in [9.17, 15) is 24.0 Å². The van der Waals surface area contributed by atoms with E-state index in [0.717, 1.165) is 5.56 Å². The first-order chi connectivity index (χ1) is 20.3. The van der Waals surface area contributed by atoms with Crippen LogP contribution in [-0.4, -0.2) is 108 Å². The molecule has 1 atom stereocenters. The summed E-state index contributed by atoms with van der Waals surface area (Å²) in [7, 11) is 0. The van der Waals surface area contributed by atoms with Crippen molar-refractivity contribution in [2.45, 2.75) is 39.3 Å². The molecular weight excluding hydrogens is 538 g/mol. The van der Waals surface area contributed by atoms with Crippen molar-refractivity contribution >= 4 is 29.5 Å². The van der Waals surface area contributed by atoms with Crippen LogP contribution in [-0.2, 0) is 25.7 Å². The van der Waals surface area contributed by atoms with Gasteiger partial charge in [-0.1, -0.05) is 42.5 Å². The van der Waals surface area contributed by atoms with E-state index in [1.54, 1.807) is 39.0 Å². The zero-order valence-corrected chi connectivity index (χ0v) is 24.3. The molecule has 0 aliphatic carbocycles. The maximum Gasteiger partial charge on any atom is 0.255 e. The largest absolute Gasteiger partial charge is 0.491 e. The predicted octanol–water partition coefficient (Wildman–Crippen LogP) is 1.53. The highest BCUT2D eigenvalue weighted by Gasteiger charge is 2.33. The second-order valence-electron chi connectivity index (χ2n) is 10.5. The third-order valence-corrected chi connectivity index (χ3v) is 7.62. The van der Waals surface area contributed by atoms with Crippen molar-refractivity contribution in [2.75, 3.05) is 52.4 Å². The maximum atomic E-state index is 13.9. The summed E-state index contributed by atoms with van der Waals surface area (Å²) < 4.78 is 5.92. The van der Waals surface area contributed by atoms with E-state index in [1.165, 1.54) is 11.8 Å². The number of nitrogens with one attached hydrogen (secondary N) is 1. The van der Waals surface area contributed by atoms with Gasteiger partial charge in [0.1, 0.15) is 24.9 Å². The predicted molar refractivity (Wildman–Crippen MR) is 155 cm³/mol. The quantitative estimate of drug-likeness (QED) is 0.589. The standard InChI is InChI=1S/C31H39N5O6/c1-3-33-18-19-42-27-13-8-7-12-25(27)30(40)32-26(31(41)35-15-9-14-34(16-17-35)23(2)37)20-28(38)36(22-29(33)39)21-24-10-5-4-6-11-24/h4-8,10-13,26H,3,9,14-22H2,1-2H3,(H,32,40)/t26-/m0/s1. The molecule has 2 aliphatic heterocycles. The van der Waals surface area contributed by atoms with Gasteiger partial charge in [0.25, 0.3) is 5.91 Å². The molecule has 0 radical (unpaired) electrons. The van der Waals surface area contributed by atoms with E-state index in [1.807, 2.05) is 37.3 Å². The van der Waals surface area contributed by atoms with Crippen LogP contribution in [0.4, 0.5) is 0 Å². The van der Waals surface area contributed by atoms with Gasteiger partial charge in [0.2, 0.25) is 23.6 Å². The molecule has 0 aromatic heterocycles. The van der Waals surface area contributed by atoms with Gasteiger partial charge in [-0.25, -0.2) is 0 Å². The lowest BCUT2D eigenvalue weighted by Gasteiger charge is -2.31. The van der Waals surface area contributed by atoms with E-state index in [2.05, 4.69) is 5.32 Å². The first-order valence-electron chi connectivity index (χ1n) is 14.4. The molecule has 2 heterocycles. The van der Waals surface area contributed by atoms with Crippen molar-refractivity contribution in [2.24, 2.45) is 0 Å². The van der Waals surface area contributed by atoms with Crippen LogP contribution in [0.2, 0.25) is 0 Å². The number of hydrogen-bond donors (Lipinski definition) is 1. The Bertz CT molecular complexity index is 1290. The molecule has 1 saturated heterocycles. The first-order valence-corrected chi connectivity index (χ1v) is 14.4. The van der Waals surface area contributed by atoms with E-state index in [0.29, 0.717) is 38.3 Å². The molecule has 11 nitrogen and oxygen atoms in total. The minimum Gasteiger partial charge on any atom is -0.491 e. The molecule has 2 aliphatic rings. The summed E-state index contributed by atoms with van der Waals surface area (Å²) >= 11 is 0. The molecule has 4 rings (SSSR count). The number of benzene rings is 2. The molecule has 42 heavy (non-hydrogen) atoms. The summed E-state index contributed by atoms with van der Waals surface area (Å²) in [6.45, 7) is 5.78.